The van der Waals surface area contributed by atoms with Crippen LogP contribution in [0.1, 0.15) is 12.0 Å². The van der Waals surface area contributed by atoms with E-state index in [-0.39, 0.29) is 24.2 Å². The lowest BCUT2D eigenvalue weighted by atomic mass is 10.1. The number of rotatable bonds is 6. The molecule has 5 nitrogen and oxygen atoms in total. The van der Waals surface area contributed by atoms with Crippen LogP contribution in [0.15, 0.2) is 36.9 Å². The topological polar surface area (TPSA) is 58.6 Å². The number of amides is 2. The average Bonchev–Trinajstić information content (AvgIpc) is 2.87. The average molecular weight is 288 g/mol. The predicted molar refractivity (Wildman–Crippen MR) is 79.7 cm³/mol. The minimum absolute atomic E-state index is 0.0181. The third-order valence-electron chi connectivity index (χ3n) is 3.54. The van der Waals surface area contributed by atoms with Gasteiger partial charge in [0, 0.05) is 26.1 Å². The fraction of sp³-hybridized carbons (Fsp3) is 0.375. The minimum Gasteiger partial charge on any atom is -0.497 e. The highest BCUT2D eigenvalue weighted by Crippen LogP contribution is 2.21. The first kappa shape index (κ1) is 15.1. The molecule has 1 aromatic carbocycles. The van der Waals surface area contributed by atoms with Crippen molar-refractivity contribution in [1.82, 2.24) is 10.2 Å². The highest BCUT2D eigenvalue weighted by Gasteiger charge is 2.33. The van der Waals surface area contributed by atoms with Crippen LogP contribution in [0, 0.1) is 5.92 Å². The van der Waals surface area contributed by atoms with Crippen molar-refractivity contribution in [3.05, 3.63) is 42.5 Å². The van der Waals surface area contributed by atoms with Gasteiger partial charge >= 0.3 is 0 Å². The Labute approximate surface area is 124 Å². The van der Waals surface area contributed by atoms with Gasteiger partial charge in [0.1, 0.15) is 5.75 Å². The molecule has 2 rings (SSSR count). The van der Waals surface area contributed by atoms with Gasteiger partial charge in [-0.25, -0.2) is 0 Å². The zero-order chi connectivity index (χ0) is 15.2. The molecular weight excluding hydrogens is 268 g/mol. The summed E-state index contributed by atoms with van der Waals surface area (Å²) in [5, 5.41) is 2.74. The van der Waals surface area contributed by atoms with Crippen molar-refractivity contribution in [2.75, 3.05) is 20.2 Å². The van der Waals surface area contributed by atoms with Crippen molar-refractivity contribution < 1.29 is 14.3 Å². The summed E-state index contributed by atoms with van der Waals surface area (Å²) in [5.41, 5.74) is 1.02. The molecule has 1 fully saturated rings. The molecular formula is C16H20N2O3. The van der Waals surface area contributed by atoms with Crippen LogP contribution < -0.4 is 10.1 Å². The van der Waals surface area contributed by atoms with Gasteiger partial charge in [-0.1, -0.05) is 18.2 Å². The van der Waals surface area contributed by atoms with Crippen LogP contribution in [0.5, 0.6) is 5.75 Å². The number of ether oxygens (including phenoxy) is 1. The fourth-order valence-corrected chi connectivity index (χ4v) is 2.37. The number of hydrogen-bond donors (Lipinski definition) is 1. The summed E-state index contributed by atoms with van der Waals surface area (Å²) in [6, 6.07) is 7.59. The van der Waals surface area contributed by atoms with E-state index in [1.807, 2.05) is 24.3 Å². The number of hydrogen-bond acceptors (Lipinski definition) is 3. The Balaban J connectivity index is 1.93. The summed E-state index contributed by atoms with van der Waals surface area (Å²) in [5.74, 6) is 0.453. The standard InChI is InChI=1S/C16H20N2O3/c1-3-8-17-16(20)13-9-15(19)18(11-13)10-12-4-6-14(21-2)7-5-12/h3-7,13H,1,8-11H2,2H3,(H,17,20). The number of benzene rings is 1. The Morgan fingerprint density at radius 3 is 2.81 bits per heavy atom. The SMILES string of the molecule is C=CCNC(=O)C1CC(=O)N(Cc2ccc(OC)cc2)C1. The molecule has 0 bridgehead atoms. The van der Waals surface area contributed by atoms with Crippen LogP contribution in [-0.2, 0) is 16.1 Å². The summed E-state index contributed by atoms with van der Waals surface area (Å²) >= 11 is 0. The maximum absolute atomic E-state index is 12.0. The van der Waals surface area contributed by atoms with E-state index >= 15 is 0 Å². The zero-order valence-corrected chi connectivity index (χ0v) is 12.2. The van der Waals surface area contributed by atoms with Crippen molar-refractivity contribution in [3.63, 3.8) is 0 Å². The van der Waals surface area contributed by atoms with Crippen LogP contribution in [-0.4, -0.2) is 36.9 Å². The van der Waals surface area contributed by atoms with Gasteiger partial charge in [-0.2, -0.15) is 0 Å². The van der Waals surface area contributed by atoms with Crippen molar-refractivity contribution in [2.24, 2.45) is 5.92 Å². The number of nitrogens with one attached hydrogen (secondary N) is 1. The summed E-state index contributed by atoms with van der Waals surface area (Å²) in [7, 11) is 1.62. The van der Waals surface area contributed by atoms with Crippen LogP contribution in [0.3, 0.4) is 0 Å². The number of nitrogens with zero attached hydrogens (tertiary/aromatic N) is 1. The van der Waals surface area contributed by atoms with E-state index in [4.69, 9.17) is 4.74 Å². The molecule has 1 saturated heterocycles. The molecule has 0 aliphatic carbocycles. The molecule has 1 aliphatic rings. The first-order valence-electron chi connectivity index (χ1n) is 6.93. The number of carbonyl (C=O) groups is 2. The number of methoxy groups -OCH3 is 1. The molecule has 1 unspecified atom stereocenters. The zero-order valence-electron chi connectivity index (χ0n) is 12.2. The summed E-state index contributed by atoms with van der Waals surface area (Å²) < 4.78 is 5.10. The van der Waals surface area contributed by atoms with E-state index in [2.05, 4.69) is 11.9 Å². The summed E-state index contributed by atoms with van der Waals surface area (Å²) in [6.07, 6.45) is 1.91. The highest BCUT2D eigenvalue weighted by atomic mass is 16.5. The maximum atomic E-state index is 12.0. The molecule has 1 aliphatic heterocycles. The third kappa shape index (κ3) is 3.84. The van der Waals surface area contributed by atoms with Crippen molar-refractivity contribution >= 4 is 11.8 Å². The van der Waals surface area contributed by atoms with E-state index in [1.165, 1.54) is 0 Å². The summed E-state index contributed by atoms with van der Waals surface area (Å²) in [4.78, 5) is 25.6. The first-order valence-corrected chi connectivity index (χ1v) is 6.93. The van der Waals surface area contributed by atoms with Gasteiger partial charge in [-0.15, -0.1) is 6.58 Å². The van der Waals surface area contributed by atoms with Gasteiger partial charge in [0.2, 0.25) is 11.8 Å². The Bertz CT molecular complexity index is 525. The smallest absolute Gasteiger partial charge is 0.225 e. The molecule has 2 amide bonds. The Kier molecular flexibility index (Phi) is 4.98. The normalized spacial score (nSPS) is 17.7. The largest absolute Gasteiger partial charge is 0.497 e. The second-order valence-electron chi connectivity index (χ2n) is 5.06. The highest BCUT2D eigenvalue weighted by molar-refractivity contribution is 5.89. The van der Waals surface area contributed by atoms with Crippen molar-refractivity contribution in [1.29, 1.82) is 0 Å². The van der Waals surface area contributed by atoms with Gasteiger partial charge in [0.05, 0.1) is 13.0 Å². The molecule has 1 aromatic rings. The minimum atomic E-state index is -0.268. The lowest BCUT2D eigenvalue weighted by molar-refractivity contribution is -0.129. The van der Waals surface area contributed by atoms with Gasteiger partial charge in [0.25, 0.3) is 0 Å². The second-order valence-corrected chi connectivity index (χ2v) is 5.06. The van der Waals surface area contributed by atoms with Crippen LogP contribution in [0.4, 0.5) is 0 Å². The molecule has 112 valence electrons. The Hall–Kier alpha value is -2.30. The van der Waals surface area contributed by atoms with E-state index in [0.29, 0.717) is 19.6 Å². The Morgan fingerprint density at radius 1 is 1.48 bits per heavy atom. The van der Waals surface area contributed by atoms with Gasteiger partial charge in [0.15, 0.2) is 0 Å². The van der Waals surface area contributed by atoms with Crippen LogP contribution in [0.2, 0.25) is 0 Å². The van der Waals surface area contributed by atoms with E-state index in [0.717, 1.165) is 11.3 Å². The quantitative estimate of drug-likeness (QED) is 0.804. The molecule has 0 saturated carbocycles. The molecule has 21 heavy (non-hydrogen) atoms. The third-order valence-corrected chi connectivity index (χ3v) is 3.54. The van der Waals surface area contributed by atoms with Gasteiger partial charge in [-0.05, 0) is 17.7 Å². The monoisotopic (exact) mass is 288 g/mol. The molecule has 0 spiro atoms. The lowest BCUT2D eigenvalue weighted by Crippen LogP contribution is -2.32. The van der Waals surface area contributed by atoms with Crippen molar-refractivity contribution in [3.8, 4) is 5.75 Å². The predicted octanol–water partition coefficient (Wildman–Crippen LogP) is 1.35. The maximum Gasteiger partial charge on any atom is 0.225 e. The molecule has 0 aromatic heterocycles. The number of likely N-dealkylation sites (tertiary alicyclic amines) is 1. The Morgan fingerprint density at radius 2 is 2.19 bits per heavy atom. The molecule has 1 heterocycles. The molecule has 1 N–H and O–H groups in total. The van der Waals surface area contributed by atoms with E-state index in [9.17, 15) is 9.59 Å². The second kappa shape index (κ2) is 6.92. The van der Waals surface area contributed by atoms with E-state index in [1.54, 1.807) is 18.1 Å². The van der Waals surface area contributed by atoms with Gasteiger partial charge in [-0.3, -0.25) is 9.59 Å². The fourth-order valence-electron chi connectivity index (χ4n) is 2.37. The van der Waals surface area contributed by atoms with Crippen LogP contribution in [0.25, 0.3) is 0 Å². The first-order chi connectivity index (χ1) is 10.1. The molecule has 0 radical (unpaired) electrons. The summed E-state index contributed by atoms with van der Waals surface area (Å²) in [6.45, 7) is 4.98. The van der Waals surface area contributed by atoms with Crippen molar-refractivity contribution in [2.45, 2.75) is 13.0 Å². The lowest BCUT2D eigenvalue weighted by Gasteiger charge is -2.16. The molecule has 5 heteroatoms. The number of carbonyl (C=O) groups excluding carboxylic acids is 2. The van der Waals surface area contributed by atoms with Gasteiger partial charge < -0.3 is 15.0 Å². The molecule has 1 atom stereocenters. The van der Waals surface area contributed by atoms with E-state index < -0.39 is 0 Å². The van der Waals surface area contributed by atoms with Crippen LogP contribution >= 0.6 is 0 Å².